The van der Waals surface area contributed by atoms with Crippen LogP contribution >= 0.6 is 0 Å². The Morgan fingerprint density at radius 3 is 2.70 bits per heavy atom. The van der Waals surface area contributed by atoms with Crippen LogP contribution in [0.15, 0.2) is 0 Å². The summed E-state index contributed by atoms with van der Waals surface area (Å²) in [4.78, 5) is 0. The van der Waals surface area contributed by atoms with Crippen LogP contribution in [0, 0.1) is 11.3 Å². The van der Waals surface area contributed by atoms with E-state index >= 15 is 0 Å². The summed E-state index contributed by atoms with van der Waals surface area (Å²) in [5.74, 6) is 0. The SMILES string of the molecule is N#CC1OCCC(O)C1O. The Kier molecular flexibility index (Phi) is 2.22. The summed E-state index contributed by atoms with van der Waals surface area (Å²) in [7, 11) is 0. The fraction of sp³-hybridized carbons (Fsp3) is 0.833. The molecule has 56 valence electrons. The lowest BCUT2D eigenvalue weighted by atomic mass is 10.0. The third-order valence-electron chi connectivity index (χ3n) is 1.54. The number of aliphatic hydroxyl groups excluding tert-OH is 2. The Bertz CT molecular complexity index is 154. The molecule has 1 heterocycles. The van der Waals surface area contributed by atoms with Gasteiger partial charge in [0.15, 0.2) is 6.10 Å². The van der Waals surface area contributed by atoms with Crippen molar-refractivity contribution in [3.05, 3.63) is 0 Å². The summed E-state index contributed by atoms with van der Waals surface area (Å²) in [5.41, 5.74) is 0. The first-order valence-electron chi connectivity index (χ1n) is 3.13. The highest BCUT2D eigenvalue weighted by Crippen LogP contribution is 2.13. The predicted molar refractivity (Wildman–Crippen MR) is 32.0 cm³/mol. The fourth-order valence-electron chi connectivity index (χ4n) is 0.901. The molecule has 0 radical (unpaired) electrons. The third kappa shape index (κ3) is 1.27. The maximum atomic E-state index is 9.04. The molecule has 1 fully saturated rings. The minimum absolute atomic E-state index is 0.344. The Morgan fingerprint density at radius 1 is 1.50 bits per heavy atom. The first-order chi connectivity index (χ1) is 4.75. The molecule has 0 saturated carbocycles. The van der Waals surface area contributed by atoms with Crippen molar-refractivity contribution < 1.29 is 14.9 Å². The van der Waals surface area contributed by atoms with Gasteiger partial charge in [-0.2, -0.15) is 5.26 Å². The molecular formula is C6H9NO3. The van der Waals surface area contributed by atoms with Crippen molar-refractivity contribution in [2.24, 2.45) is 0 Å². The van der Waals surface area contributed by atoms with E-state index in [0.29, 0.717) is 13.0 Å². The summed E-state index contributed by atoms with van der Waals surface area (Å²) < 4.78 is 4.84. The molecule has 0 aromatic heterocycles. The van der Waals surface area contributed by atoms with E-state index in [9.17, 15) is 0 Å². The van der Waals surface area contributed by atoms with Gasteiger partial charge in [0.1, 0.15) is 6.10 Å². The van der Waals surface area contributed by atoms with Crippen molar-refractivity contribution in [2.45, 2.75) is 24.7 Å². The van der Waals surface area contributed by atoms with Gasteiger partial charge in [-0.15, -0.1) is 0 Å². The molecule has 1 aliphatic rings. The lowest BCUT2D eigenvalue weighted by Gasteiger charge is -2.27. The number of aliphatic hydroxyl groups is 2. The van der Waals surface area contributed by atoms with Gasteiger partial charge in [0, 0.05) is 0 Å². The summed E-state index contributed by atoms with van der Waals surface area (Å²) >= 11 is 0. The zero-order valence-electron chi connectivity index (χ0n) is 5.40. The topological polar surface area (TPSA) is 73.5 Å². The molecule has 10 heavy (non-hydrogen) atoms. The van der Waals surface area contributed by atoms with Crippen LogP contribution in [0.25, 0.3) is 0 Å². The lowest BCUT2D eigenvalue weighted by Crippen LogP contribution is -2.43. The molecular weight excluding hydrogens is 134 g/mol. The molecule has 0 spiro atoms. The summed E-state index contributed by atoms with van der Waals surface area (Å²) in [6.45, 7) is 0.344. The average molecular weight is 143 g/mol. The smallest absolute Gasteiger partial charge is 0.172 e. The van der Waals surface area contributed by atoms with Gasteiger partial charge in [-0.3, -0.25) is 0 Å². The van der Waals surface area contributed by atoms with Gasteiger partial charge in [0.05, 0.1) is 18.8 Å². The first kappa shape index (κ1) is 7.48. The second-order valence-corrected chi connectivity index (χ2v) is 2.27. The van der Waals surface area contributed by atoms with Crippen LogP contribution in [-0.2, 0) is 4.74 Å². The maximum absolute atomic E-state index is 9.04. The number of nitrogens with zero attached hydrogens (tertiary/aromatic N) is 1. The van der Waals surface area contributed by atoms with Gasteiger partial charge < -0.3 is 14.9 Å². The average Bonchev–Trinajstić information content (AvgIpc) is 1.95. The van der Waals surface area contributed by atoms with Crippen molar-refractivity contribution in [1.82, 2.24) is 0 Å². The van der Waals surface area contributed by atoms with Gasteiger partial charge in [0.25, 0.3) is 0 Å². The van der Waals surface area contributed by atoms with Gasteiger partial charge >= 0.3 is 0 Å². The molecule has 0 bridgehead atoms. The molecule has 1 saturated heterocycles. The van der Waals surface area contributed by atoms with E-state index in [-0.39, 0.29) is 0 Å². The monoisotopic (exact) mass is 143 g/mol. The van der Waals surface area contributed by atoms with E-state index in [1.54, 1.807) is 6.07 Å². The molecule has 3 atom stereocenters. The molecule has 1 rings (SSSR count). The highest BCUT2D eigenvalue weighted by Gasteiger charge is 2.30. The third-order valence-corrected chi connectivity index (χ3v) is 1.54. The summed E-state index contributed by atoms with van der Waals surface area (Å²) in [5, 5.41) is 26.4. The van der Waals surface area contributed by atoms with Gasteiger partial charge in [-0.1, -0.05) is 0 Å². The van der Waals surface area contributed by atoms with Crippen LogP contribution in [0.5, 0.6) is 0 Å². The first-order valence-corrected chi connectivity index (χ1v) is 3.13. The molecule has 3 unspecified atom stereocenters. The number of hydrogen-bond acceptors (Lipinski definition) is 4. The molecule has 0 aromatic rings. The van der Waals surface area contributed by atoms with E-state index in [2.05, 4.69) is 0 Å². The quantitative estimate of drug-likeness (QED) is 0.457. The molecule has 1 aliphatic heterocycles. The number of ether oxygens (including phenoxy) is 1. The predicted octanol–water partition coefficient (Wildman–Crippen LogP) is -0.979. The second kappa shape index (κ2) is 2.97. The van der Waals surface area contributed by atoms with Crippen molar-refractivity contribution in [1.29, 1.82) is 5.26 Å². The van der Waals surface area contributed by atoms with Crippen LogP contribution in [-0.4, -0.2) is 35.1 Å². The Labute approximate surface area is 58.7 Å². The van der Waals surface area contributed by atoms with Gasteiger partial charge in [-0.05, 0) is 6.42 Å². The van der Waals surface area contributed by atoms with Crippen LogP contribution in [0.4, 0.5) is 0 Å². The summed E-state index contributed by atoms with van der Waals surface area (Å²) in [6.07, 6.45) is -2.31. The Balaban J connectivity index is 2.53. The minimum Gasteiger partial charge on any atom is -0.390 e. The van der Waals surface area contributed by atoms with Crippen LogP contribution in [0.2, 0.25) is 0 Å². The molecule has 0 aliphatic carbocycles. The van der Waals surface area contributed by atoms with Crippen LogP contribution in [0.1, 0.15) is 6.42 Å². The highest BCUT2D eigenvalue weighted by molar-refractivity contribution is 4.95. The second-order valence-electron chi connectivity index (χ2n) is 2.27. The number of nitriles is 1. The molecule has 2 N–H and O–H groups in total. The van der Waals surface area contributed by atoms with Crippen molar-refractivity contribution >= 4 is 0 Å². The minimum atomic E-state index is -1.04. The van der Waals surface area contributed by atoms with E-state index in [0.717, 1.165) is 0 Å². The zero-order valence-corrected chi connectivity index (χ0v) is 5.40. The normalized spacial score (nSPS) is 40.7. The summed E-state index contributed by atoms with van der Waals surface area (Å²) in [6, 6.07) is 1.75. The van der Waals surface area contributed by atoms with Gasteiger partial charge in [-0.25, -0.2) is 0 Å². The van der Waals surface area contributed by atoms with Crippen molar-refractivity contribution in [3.63, 3.8) is 0 Å². The van der Waals surface area contributed by atoms with E-state index in [1.165, 1.54) is 0 Å². The van der Waals surface area contributed by atoms with Crippen LogP contribution < -0.4 is 0 Å². The molecule has 0 aromatic carbocycles. The Hall–Kier alpha value is -0.630. The van der Waals surface area contributed by atoms with Crippen molar-refractivity contribution in [3.8, 4) is 6.07 Å². The molecule has 4 heteroatoms. The van der Waals surface area contributed by atoms with Crippen molar-refractivity contribution in [2.75, 3.05) is 6.61 Å². The maximum Gasteiger partial charge on any atom is 0.172 e. The van der Waals surface area contributed by atoms with E-state index in [1.807, 2.05) is 0 Å². The zero-order chi connectivity index (χ0) is 7.56. The molecule has 0 amide bonds. The lowest BCUT2D eigenvalue weighted by molar-refractivity contribution is -0.113. The number of rotatable bonds is 0. The fourth-order valence-corrected chi connectivity index (χ4v) is 0.901. The molecule has 4 nitrogen and oxygen atoms in total. The number of hydrogen-bond donors (Lipinski definition) is 2. The van der Waals surface area contributed by atoms with E-state index < -0.39 is 18.3 Å². The van der Waals surface area contributed by atoms with Gasteiger partial charge in [0.2, 0.25) is 0 Å². The highest BCUT2D eigenvalue weighted by atomic mass is 16.5. The largest absolute Gasteiger partial charge is 0.390 e. The Morgan fingerprint density at radius 2 is 2.20 bits per heavy atom. The van der Waals surface area contributed by atoms with Crippen LogP contribution in [0.3, 0.4) is 0 Å². The van der Waals surface area contributed by atoms with E-state index in [4.69, 9.17) is 20.2 Å². The standard InChI is InChI=1S/C6H9NO3/c7-3-5-6(9)4(8)1-2-10-5/h4-6,8-9H,1-2H2.